The maximum absolute atomic E-state index is 12.6. The van der Waals surface area contributed by atoms with Gasteiger partial charge in [0.15, 0.2) is 5.75 Å². The van der Waals surface area contributed by atoms with Crippen molar-refractivity contribution < 1.29 is 9.09 Å². The molecule has 0 spiro atoms. The highest BCUT2D eigenvalue weighted by Crippen LogP contribution is 2.27. The smallest absolute Gasteiger partial charge is 0.250 e. The molecule has 2 aromatic carbocycles. The quantitative estimate of drug-likeness (QED) is 0.181. The van der Waals surface area contributed by atoms with Crippen molar-refractivity contribution in [3.63, 3.8) is 0 Å². The van der Waals surface area contributed by atoms with Crippen molar-refractivity contribution in [3.8, 4) is 5.75 Å². The molecule has 31 heavy (non-hydrogen) atoms. The summed E-state index contributed by atoms with van der Waals surface area (Å²) in [5.41, 5.74) is 2.65. The van der Waals surface area contributed by atoms with Gasteiger partial charge in [-0.1, -0.05) is 102 Å². The van der Waals surface area contributed by atoms with E-state index >= 15 is 0 Å². The van der Waals surface area contributed by atoms with Gasteiger partial charge in [0.2, 0.25) is 5.30 Å². The van der Waals surface area contributed by atoms with E-state index < -0.39 is 8.03 Å². The van der Waals surface area contributed by atoms with Crippen LogP contribution in [0.5, 0.6) is 5.75 Å². The van der Waals surface area contributed by atoms with E-state index in [0.29, 0.717) is 5.75 Å². The molecule has 0 saturated carbocycles. The Morgan fingerprint density at radius 2 is 1.00 bits per heavy atom. The Hall–Kier alpha value is -1.66. The second-order valence-electron chi connectivity index (χ2n) is 8.69. The van der Waals surface area contributed by atoms with Crippen molar-refractivity contribution in [2.45, 2.75) is 104 Å². The van der Waals surface area contributed by atoms with E-state index in [9.17, 15) is 4.57 Å². The van der Waals surface area contributed by atoms with Crippen LogP contribution in [0.1, 0.15) is 102 Å². The summed E-state index contributed by atoms with van der Waals surface area (Å²) in [6.07, 6.45) is 18.0. The Labute approximate surface area is 191 Å². The molecule has 2 nitrogen and oxygen atoms in total. The van der Waals surface area contributed by atoms with Crippen LogP contribution in [0.25, 0.3) is 0 Å². The molecule has 1 atom stereocenters. The molecule has 0 radical (unpaired) electrons. The lowest BCUT2D eigenvalue weighted by molar-refractivity contribution is 0.514. The zero-order valence-electron chi connectivity index (χ0n) is 19.8. The fraction of sp³-hybridized carbons (Fsp3) is 0.571. The monoisotopic (exact) mass is 441 g/mol. The summed E-state index contributed by atoms with van der Waals surface area (Å²) in [5, 5.41) is 0.762. The Morgan fingerprint density at radius 3 is 1.48 bits per heavy atom. The summed E-state index contributed by atoms with van der Waals surface area (Å²) in [6, 6.07) is 16.2. The van der Waals surface area contributed by atoms with Gasteiger partial charge in [0.05, 0.1) is 0 Å². The van der Waals surface area contributed by atoms with Gasteiger partial charge in [0, 0.05) is 0 Å². The number of benzene rings is 2. The van der Waals surface area contributed by atoms with Gasteiger partial charge in [-0.25, -0.2) is 0 Å². The van der Waals surface area contributed by atoms with Crippen LogP contribution in [-0.4, -0.2) is 0 Å². The molecule has 2 rings (SSSR count). The number of aryl methyl sites for hydroxylation is 2. The normalized spacial score (nSPS) is 11.5. The summed E-state index contributed by atoms with van der Waals surface area (Å²) in [6.45, 7) is 4.51. The van der Waals surface area contributed by atoms with Gasteiger partial charge in [-0.2, -0.15) is 0 Å². The average molecular weight is 442 g/mol. The molecular formula is C28H42O2P+. The van der Waals surface area contributed by atoms with Crippen molar-refractivity contribution in [1.29, 1.82) is 0 Å². The van der Waals surface area contributed by atoms with Gasteiger partial charge in [0.25, 0.3) is 0 Å². The summed E-state index contributed by atoms with van der Waals surface area (Å²) in [4.78, 5) is 0. The number of hydrogen-bond acceptors (Lipinski definition) is 2. The predicted molar refractivity (Wildman–Crippen MR) is 135 cm³/mol. The Kier molecular flexibility index (Phi) is 13.2. The van der Waals surface area contributed by atoms with Crippen LogP contribution in [0, 0.1) is 0 Å². The molecule has 0 heterocycles. The van der Waals surface area contributed by atoms with E-state index in [-0.39, 0.29) is 0 Å². The lowest BCUT2D eigenvalue weighted by Gasteiger charge is -2.03. The highest BCUT2D eigenvalue weighted by molar-refractivity contribution is 7.48. The highest BCUT2D eigenvalue weighted by atomic mass is 31.1. The third kappa shape index (κ3) is 11.0. The largest absolute Gasteiger partial charge is 0.597 e. The number of unbranched alkanes of at least 4 members (excludes halogenated alkanes) is 10. The highest BCUT2D eigenvalue weighted by Gasteiger charge is 2.23. The lowest BCUT2D eigenvalue weighted by Crippen LogP contribution is -2.00. The van der Waals surface area contributed by atoms with E-state index in [1.165, 1.54) is 88.2 Å². The van der Waals surface area contributed by atoms with E-state index in [1.807, 2.05) is 24.3 Å². The fourth-order valence-electron chi connectivity index (χ4n) is 3.87. The van der Waals surface area contributed by atoms with Crippen LogP contribution in [0.2, 0.25) is 0 Å². The van der Waals surface area contributed by atoms with Gasteiger partial charge in [0.1, 0.15) is 0 Å². The first-order chi connectivity index (χ1) is 15.2. The Bertz CT molecular complexity index is 722. The predicted octanol–water partition coefficient (Wildman–Crippen LogP) is 8.94. The SMILES string of the molecule is CCCCCCCCc1ccc(O[P+](=O)c2ccc(CCCCCCCC)cc2)cc1. The average Bonchev–Trinajstić information content (AvgIpc) is 2.80. The molecule has 1 unspecified atom stereocenters. The van der Waals surface area contributed by atoms with Crippen LogP contribution in [-0.2, 0) is 17.4 Å². The minimum absolute atomic E-state index is 0.684. The third-order valence-corrected chi connectivity index (χ3v) is 6.99. The first-order valence-electron chi connectivity index (χ1n) is 12.6. The van der Waals surface area contributed by atoms with Crippen molar-refractivity contribution in [2.24, 2.45) is 0 Å². The Balaban J connectivity index is 1.69. The first kappa shape index (κ1) is 25.6. The van der Waals surface area contributed by atoms with Crippen LogP contribution >= 0.6 is 8.03 Å². The molecule has 0 N–H and O–H groups in total. The van der Waals surface area contributed by atoms with Crippen molar-refractivity contribution in [3.05, 3.63) is 59.7 Å². The maximum atomic E-state index is 12.6. The van der Waals surface area contributed by atoms with Crippen molar-refractivity contribution in [2.75, 3.05) is 0 Å². The molecule has 0 bridgehead atoms. The second kappa shape index (κ2) is 16.0. The Morgan fingerprint density at radius 1 is 0.581 bits per heavy atom. The van der Waals surface area contributed by atoms with Crippen LogP contribution in [0.15, 0.2) is 48.5 Å². The summed E-state index contributed by atoms with van der Waals surface area (Å²) < 4.78 is 18.3. The minimum Gasteiger partial charge on any atom is -0.250 e. The molecular weight excluding hydrogens is 399 g/mol. The van der Waals surface area contributed by atoms with Gasteiger partial charge < -0.3 is 0 Å². The first-order valence-corrected chi connectivity index (χ1v) is 13.7. The molecule has 170 valence electrons. The van der Waals surface area contributed by atoms with E-state index in [1.54, 1.807) is 0 Å². The summed E-state index contributed by atoms with van der Waals surface area (Å²) in [5.74, 6) is 0.684. The molecule has 0 amide bonds. The molecule has 0 fully saturated rings. The van der Waals surface area contributed by atoms with Gasteiger partial charge >= 0.3 is 8.03 Å². The zero-order chi connectivity index (χ0) is 22.2. The molecule has 2 aromatic rings. The van der Waals surface area contributed by atoms with E-state index in [0.717, 1.165) is 18.1 Å². The number of rotatable bonds is 17. The second-order valence-corrected chi connectivity index (χ2v) is 9.91. The minimum atomic E-state index is -1.87. The lowest BCUT2D eigenvalue weighted by atomic mass is 10.1. The van der Waals surface area contributed by atoms with Gasteiger partial charge in [-0.3, -0.25) is 4.52 Å². The molecule has 3 heteroatoms. The topological polar surface area (TPSA) is 26.3 Å². The van der Waals surface area contributed by atoms with Crippen LogP contribution in [0.3, 0.4) is 0 Å². The van der Waals surface area contributed by atoms with Crippen LogP contribution < -0.4 is 9.83 Å². The van der Waals surface area contributed by atoms with Gasteiger partial charge in [-0.15, -0.1) is 0 Å². The summed E-state index contributed by atoms with van der Waals surface area (Å²) >= 11 is 0. The standard InChI is InChI=1S/C28H42O2P/c1-3-5-7-9-11-13-15-25-17-21-27(22-18-25)30-31(29)28-23-19-26(20-24-28)16-14-12-10-8-6-4-2/h17-24H,3-16H2,1-2H3/q+1. The van der Waals surface area contributed by atoms with E-state index in [4.69, 9.17) is 4.52 Å². The maximum Gasteiger partial charge on any atom is 0.597 e. The molecule has 0 saturated heterocycles. The van der Waals surface area contributed by atoms with Crippen molar-refractivity contribution >= 4 is 13.3 Å². The third-order valence-electron chi connectivity index (χ3n) is 5.90. The fourth-order valence-corrected chi connectivity index (χ4v) is 4.68. The zero-order valence-corrected chi connectivity index (χ0v) is 20.7. The van der Waals surface area contributed by atoms with Crippen LogP contribution in [0.4, 0.5) is 0 Å². The molecule has 0 aromatic heterocycles. The molecule has 0 aliphatic rings. The van der Waals surface area contributed by atoms with Crippen molar-refractivity contribution in [1.82, 2.24) is 0 Å². The number of hydrogen-bond donors (Lipinski definition) is 0. The summed E-state index contributed by atoms with van der Waals surface area (Å²) in [7, 11) is -1.87. The van der Waals surface area contributed by atoms with Gasteiger partial charge in [-0.05, 0) is 65.6 Å². The molecule has 0 aliphatic carbocycles. The van der Waals surface area contributed by atoms with E-state index in [2.05, 4.69) is 38.1 Å². The molecule has 0 aliphatic heterocycles.